The van der Waals surface area contributed by atoms with Gasteiger partial charge in [-0.2, -0.15) is 8.78 Å². The lowest BCUT2D eigenvalue weighted by Gasteiger charge is -2.23. The van der Waals surface area contributed by atoms with Gasteiger partial charge >= 0.3 is 0 Å². The first-order chi connectivity index (χ1) is 8.62. The molecule has 1 atom stereocenters. The van der Waals surface area contributed by atoms with Crippen LogP contribution in [-0.4, -0.2) is 31.1 Å². The van der Waals surface area contributed by atoms with Gasteiger partial charge in [0, 0.05) is 12.1 Å². The molecule has 1 unspecified atom stereocenters. The van der Waals surface area contributed by atoms with Crippen LogP contribution in [0.15, 0.2) is 30.3 Å². The summed E-state index contributed by atoms with van der Waals surface area (Å²) in [6, 6.07) is 8.06. The van der Waals surface area contributed by atoms with Crippen molar-refractivity contribution in [1.29, 1.82) is 0 Å². The summed E-state index contributed by atoms with van der Waals surface area (Å²) in [5.41, 5.74) is 5.61. The van der Waals surface area contributed by atoms with Crippen LogP contribution in [0.1, 0.15) is 18.4 Å². The maximum Gasteiger partial charge on any atom is 0.285 e. The Hall–Kier alpha value is -1.00. The van der Waals surface area contributed by atoms with Gasteiger partial charge in [0.25, 0.3) is 5.92 Å². The van der Waals surface area contributed by atoms with Gasteiger partial charge in [0.15, 0.2) is 0 Å². The van der Waals surface area contributed by atoms with E-state index < -0.39 is 5.92 Å². The number of alkyl halides is 2. The first kappa shape index (κ1) is 13.4. The summed E-state index contributed by atoms with van der Waals surface area (Å²) in [5, 5.41) is 0. The van der Waals surface area contributed by atoms with Crippen molar-refractivity contribution in [1.82, 2.24) is 4.90 Å². The van der Waals surface area contributed by atoms with E-state index in [9.17, 15) is 8.78 Å². The van der Waals surface area contributed by atoms with Gasteiger partial charge in [-0.3, -0.25) is 4.90 Å². The molecule has 2 N–H and O–H groups in total. The lowest BCUT2D eigenvalue weighted by Crippen LogP contribution is -2.34. The summed E-state index contributed by atoms with van der Waals surface area (Å²) in [6.45, 7) is 1.97. The highest BCUT2D eigenvalue weighted by molar-refractivity contribution is 5.20. The van der Waals surface area contributed by atoms with Crippen LogP contribution < -0.4 is 5.73 Å². The lowest BCUT2D eigenvalue weighted by atomic mass is 10.1. The van der Waals surface area contributed by atoms with E-state index in [1.165, 1.54) is 12.1 Å². The van der Waals surface area contributed by atoms with Gasteiger partial charge in [0.2, 0.25) is 0 Å². The van der Waals surface area contributed by atoms with E-state index in [1.54, 1.807) is 18.2 Å². The van der Waals surface area contributed by atoms with Gasteiger partial charge in [-0.25, -0.2) is 0 Å². The number of nitrogens with zero attached hydrogens (tertiary/aromatic N) is 1. The van der Waals surface area contributed by atoms with E-state index >= 15 is 0 Å². The molecule has 2 rings (SSSR count). The van der Waals surface area contributed by atoms with Crippen LogP contribution in [0.5, 0.6) is 0 Å². The molecule has 1 fully saturated rings. The molecule has 1 aromatic rings. The molecule has 0 aliphatic carbocycles. The Morgan fingerprint density at radius 2 is 2.00 bits per heavy atom. The minimum atomic E-state index is -2.77. The summed E-state index contributed by atoms with van der Waals surface area (Å²) < 4.78 is 28.1. The molecule has 1 aliphatic rings. The Balaban J connectivity index is 1.93. The minimum absolute atomic E-state index is 0.104. The Bertz CT molecular complexity index is 367. The molecule has 2 nitrogen and oxygen atoms in total. The first-order valence-corrected chi connectivity index (χ1v) is 6.47. The second-order valence-electron chi connectivity index (χ2n) is 5.04. The molecule has 0 saturated carbocycles. The maximum atomic E-state index is 14.1. The monoisotopic (exact) mass is 254 g/mol. The Kier molecular flexibility index (Phi) is 4.30. The molecule has 1 heterocycles. The van der Waals surface area contributed by atoms with Crippen molar-refractivity contribution in [2.24, 2.45) is 11.7 Å². The fourth-order valence-corrected chi connectivity index (χ4v) is 2.58. The zero-order chi connectivity index (χ0) is 13.0. The molecule has 100 valence electrons. The average Bonchev–Trinajstić information content (AvgIpc) is 2.77. The van der Waals surface area contributed by atoms with Crippen LogP contribution in [0.25, 0.3) is 0 Å². The van der Waals surface area contributed by atoms with Crippen LogP contribution in [0.3, 0.4) is 0 Å². The normalized spacial score (nSPS) is 21.4. The highest BCUT2D eigenvalue weighted by Crippen LogP contribution is 2.31. The van der Waals surface area contributed by atoms with Crippen LogP contribution in [0.4, 0.5) is 8.78 Å². The molecule has 0 aromatic heterocycles. The molecule has 0 amide bonds. The van der Waals surface area contributed by atoms with Crippen LogP contribution in [0, 0.1) is 5.92 Å². The number of benzene rings is 1. The lowest BCUT2D eigenvalue weighted by molar-refractivity contribution is -0.0335. The topological polar surface area (TPSA) is 29.3 Å². The molecule has 1 aromatic carbocycles. The van der Waals surface area contributed by atoms with Crippen molar-refractivity contribution in [3.63, 3.8) is 0 Å². The van der Waals surface area contributed by atoms with E-state index in [0.717, 1.165) is 25.9 Å². The average molecular weight is 254 g/mol. The van der Waals surface area contributed by atoms with Crippen molar-refractivity contribution in [3.05, 3.63) is 35.9 Å². The van der Waals surface area contributed by atoms with Crippen molar-refractivity contribution < 1.29 is 8.78 Å². The number of hydrogen-bond donors (Lipinski definition) is 1. The number of hydrogen-bond acceptors (Lipinski definition) is 2. The zero-order valence-electron chi connectivity index (χ0n) is 10.5. The van der Waals surface area contributed by atoms with Crippen LogP contribution in [0.2, 0.25) is 0 Å². The Morgan fingerprint density at radius 1 is 1.28 bits per heavy atom. The van der Waals surface area contributed by atoms with Crippen molar-refractivity contribution >= 4 is 0 Å². The predicted octanol–water partition coefficient (Wildman–Crippen LogP) is 2.45. The van der Waals surface area contributed by atoms with Crippen LogP contribution >= 0.6 is 0 Å². The number of rotatable bonds is 5. The summed E-state index contributed by atoms with van der Waals surface area (Å²) >= 11 is 0. The molecule has 0 spiro atoms. The number of nitrogens with two attached hydrogens (primary N) is 1. The first-order valence-electron chi connectivity index (χ1n) is 6.47. The number of halogens is 2. The molecule has 1 saturated heterocycles. The molecule has 0 bridgehead atoms. The third kappa shape index (κ3) is 3.27. The fourth-order valence-electron chi connectivity index (χ4n) is 2.58. The van der Waals surface area contributed by atoms with Gasteiger partial charge in [-0.05, 0) is 31.8 Å². The van der Waals surface area contributed by atoms with E-state index in [2.05, 4.69) is 0 Å². The Morgan fingerprint density at radius 3 is 2.67 bits per heavy atom. The van der Waals surface area contributed by atoms with Crippen molar-refractivity contribution in [3.8, 4) is 0 Å². The molecular weight excluding hydrogens is 234 g/mol. The largest absolute Gasteiger partial charge is 0.330 e. The minimum Gasteiger partial charge on any atom is -0.330 e. The molecule has 18 heavy (non-hydrogen) atoms. The quantitative estimate of drug-likeness (QED) is 0.874. The summed E-state index contributed by atoms with van der Waals surface area (Å²) in [5.74, 6) is -2.28. The second-order valence-corrected chi connectivity index (χ2v) is 5.04. The smallest absolute Gasteiger partial charge is 0.285 e. The highest BCUT2D eigenvalue weighted by Gasteiger charge is 2.36. The molecular formula is C14H20F2N2. The van der Waals surface area contributed by atoms with E-state index in [4.69, 9.17) is 5.73 Å². The van der Waals surface area contributed by atoms with Crippen molar-refractivity contribution in [2.75, 3.05) is 26.2 Å². The molecule has 0 radical (unpaired) electrons. The third-order valence-electron chi connectivity index (χ3n) is 3.56. The van der Waals surface area contributed by atoms with E-state index in [-0.39, 0.29) is 12.1 Å². The molecule has 4 heteroatoms. The van der Waals surface area contributed by atoms with E-state index in [1.807, 2.05) is 4.90 Å². The second kappa shape index (κ2) is 5.76. The maximum absolute atomic E-state index is 14.1. The van der Waals surface area contributed by atoms with Gasteiger partial charge in [0.05, 0.1) is 6.54 Å². The summed E-state index contributed by atoms with van der Waals surface area (Å²) in [4.78, 5) is 1.85. The third-order valence-corrected chi connectivity index (χ3v) is 3.56. The van der Waals surface area contributed by atoms with Crippen LogP contribution in [-0.2, 0) is 5.92 Å². The number of likely N-dealkylation sites (tertiary alicyclic amines) is 1. The predicted molar refractivity (Wildman–Crippen MR) is 68.6 cm³/mol. The van der Waals surface area contributed by atoms with Gasteiger partial charge in [-0.15, -0.1) is 0 Å². The Labute approximate surface area is 107 Å². The molecule has 1 aliphatic heterocycles. The highest BCUT2D eigenvalue weighted by atomic mass is 19.3. The van der Waals surface area contributed by atoms with Gasteiger partial charge < -0.3 is 5.73 Å². The summed E-state index contributed by atoms with van der Waals surface area (Å²) in [7, 11) is 0. The van der Waals surface area contributed by atoms with E-state index in [0.29, 0.717) is 12.5 Å². The van der Waals surface area contributed by atoms with Crippen molar-refractivity contribution in [2.45, 2.75) is 18.8 Å². The van der Waals surface area contributed by atoms with Gasteiger partial charge in [-0.1, -0.05) is 30.3 Å². The summed E-state index contributed by atoms with van der Waals surface area (Å²) in [6.07, 6.45) is 1.93. The zero-order valence-corrected chi connectivity index (χ0v) is 10.5. The standard InChI is InChI=1S/C14H20F2N2/c15-14(16,13-4-2-1-3-5-13)11-18-9-7-12(10-18)6-8-17/h1-5,12H,6-11,17H2. The van der Waals surface area contributed by atoms with Gasteiger partial charge in [0.1, 0.15) is 0 Å². The fraction of sp³-hybridized carbons (Fsp3) is 0.571. The SMILES string of the molecule is NCCC1CCN(CC(F)(F)c2ccccc2)C1.